The molecular weight excluding hydrogens is 417 g/mol. The van der Waals surface area contributed by atoms with E-state index < -0.39 is 0 Å². The lowest BCUT2D eigenvalue weighted by atomic mass is 10.1. The summed E-state index contributed by atoms with van der Waals surface area (Å²) < 4.78 is 2.06. The first-order valence-corrected chi connectivity index (χ1v) is 10.5. The summed E-state index contributed by atoms with van der Waals surface area (Å²) in [5.41, 5.74) is 3.82. The van der Waals surface area contributed by atoms with Crippen LogP contribution in [0.3, 0.4) is 0 Å². The lowest BCUT2D eigenvalue weighted by Crippen LogP contribution is -2.25. The Morgan fingerprint density at radius 3 is 2.37 bits per heavy atom. The maximum Gasteiger partial charge on any atom is 0.220 e. The number of hydrogen-bond acceptors (Lipinski definition) is 2. The van der Waals surface area contributed by atoms with Gasteiger partial charge in [-0.2, -0.15) is 0 Å². The van der Waals surface area contributed by atoms with Crippen LogP contribution in [0, 0.1) is 0 Å². The van der Waals surface area contributed by atoms with E-state index in [1.54, 1.807) is 0 Å². The summed E-state index contributed by atoms with van der Waals surface area (Å²) in [7, 11) is 0. The van der Waals surface area contributed by atoms with Crippen molar-refractivity contribution >= 4 is 40.1 Å². The zero-order valence-corrected chi connectivity index (χ0v) is 17.8. The maximum absolute atomic E-state index is 12.4. The van der Waals surface area contributed by atoms with Crippen LogP contribution in [0.5, 0.6) is 0 Å². The highest BCUT2D eigenvalue weighted by atomic mass is 35.5. The second kappa shape index (κ2) is 9.33. The molecule has 1 amide bonds. The Balaban J connectivity index is 1.52. The predicted octanol–water partition coefficient (Wildman–Crippen LogP) is 5.64. The van der Waals surface area contributed by atoms with E-state index in [1.807, 2.05) is 72.8 Å². The summed E-state index contributed by atoms with van der Waals surface area (Å²) in [5, 5.41) is 4.22. The quantitative estimate of drug-likeness (QED) is 0.406. The lowest BCUT2D eigenvalue weighted by Gasteiger charge is -2.13. The zero-order valence-electron chi connectivity index (χ0n) is 16.3. The third-order valence-corrected chi connectivity index (χ3v) is 5.75. The van der Waals surface area contributed by atoms with Crippen LogP contribution in [-0.4, -0.2) is 15.5 Å². The van der Waals surface area contributed by atoms with Crippen LogP contribution in [0.25, 0.3) is 11.0 Å². The first-order chi connectivity index (χ1) is 14.6. The van der Waals surface area contributed by atoms with Crippen molar-refractivity contribution in [1.29, 1.82) is 0 Å². The molecule has 3 aromatic carbocycles. The first kappa shape index (κ1) is 20.5. The van der Waals surface area contributed by atoms with Crippen LogP contribution in [0.4, 0.5) is 0 Å². The Kier molecular flexibility index (Phi) is 6.36. The van der Waals surface area contributed by atoms with Gasteiger partial charge in [0.15, 0.2) is 0 Å². The lowest BCUT2D eigenvalue weighted by molar-refractivity contribution is -0.121. The molecule has 1 N–H and O–H groups in total. The van der Waals surface area contributed by atoms with Gasteiger partial charge in [0.05, 0.1) is 24.1 Å². The number of fused-ring (bicyclic) bond motifs is 1. The Morgan fingerprint density at radius 1 is 0.900 bits per heavy atom. The molecule has 0 saturated heterocycles. The van der Waals surface area contributed by atoms with Crippen molar-refractivity contribution in [1.82, 2.24) is 14.9 Å². The van der Waals surface area contributed by atoms with E-state index in [-0.39, 0.29) is 5.91 Å². The molecule has 6 heteroatoms. The van der Waals surface area contributed by atoms with Crippen molar-refractivity contribution in [2.24, 2.45) is 0 Å². The Labute approximate surface area is 185 Å². The van der Waals surface area contributed by atoms with E-state index in [9.17, 15) is 4.79 Å². The molecule has 0 atom stereocenters. The molecule has 1 heterocycles. The topological polar surface area (TPSA) is 46.9 Å². The molecule has 0 unspecified atom stereocenters. The molecule has 1 aromatic heterocycles. The summed E-state index contributed by atoms with van der Waals surface area (Å²) in [5.74, 6) is 0.758. The summed E-state index contributed by atoms with van der Waals surface area (Å²) >= 11 is 12.8. The Morgan fingerprint density at radius 2 is 1.60 bits per heavy atom. The fourth-order valence-electron chi connectivity index (χ4n) is 3.45. The molecule has 4 rings (SSSR count). The van der Waals surface area contributed by atoms with E-state index in [2.05, 4.69) is 9.88 Å². The summed E-state index contributed by atoms with van der Waals surface area (Å²) in [4.78, 5) is 17.1. The second-order valence-electron chi connectivity index (χ2n) is 7.07. The maximum atomic E-state index is 12.4. The molecule has 30 heavy (non-hydrogen) atoms. The van der Waals surface area contributed by atoms with Gasteiger partial charge in [-0.05, 0) is 36.2 Å². The summed E-state index contributed by atoms with van der Waals surface area (Å²) in [6, 6.07) is 23.4. The third kappa shape index (κ3) is 4.66. The van der Waals surface area contributed by atoms with Gasteiger partial charge in [-0.15, -0.1) is 0 Å². The predicted molar refractivity (Wildman–Crippen MR) is 122 cm³/mol. The van der Waals surface area contributed by atoms with Gasteiger partial charge in [-0.3, -0.25) is 4.79 Å². The van der Waals surface area contributed by atoms with Gasteiger partial charge in [0.1, 0.15) is 5.82 Å². The monoisotopic (exact) mass is 437 g/mol. The number of amides is 1. The number of para-hydroxylation sites is 2. The van der Waals surface area contributed by atoms with Crippen LogP contribution in [0.1, 0.15) is 23.4 Å². The fraction of sp³-hybridized carbons (Fsp3) is 0.167. The molecule has 4 nitrogen and oxygen atoms in total. The van der Waals surface area contributed by atoms with E-state index in [4.69, 9.17) is 28.2 Å². The molecule has 0 fully saturated rings. The molecular formula is C24H21Cl2N3O. The highest BCUT2D eigenvalue weighted by Crippen LogP contribution is 2.27. The minimum absolute atomic E-state index is 0.00626. The smallest absolute Gasteiger partial charge is 0.220 e. The average Bonchev–Trinajstić information content (AvgIpc) is 3.11. The van der Waals surface area contributed by atoms with E-state index in [0.29, 0.717) is 36.0 Å². The SMILES string of the molecule is O=C(CCc1ccccc1)NCc1nc2ccccc2n1Cc1c(Cl)cccc1Cl. The second-order valence-corrected chi connectivity index (χ2v) is 7.88. The number of benzene rings is 3. The first-order valence-electron chi connectivity index (χ1n) is 9.79. The van der Waals surface area contributed by atoms with Gasteiger partial charge in [0.2, 0.25) is 5.91 Å². The third-order valence-electron chi connectivity index (χ3n) is 5.04. The molecule has 0 bridgehead atoms. The fourth-order valence-corrected chi connectivity index (χ4v) is 3.96. The minimum atomic E-state index is -0.00626. The largest absolute Gasteiger partial charge is 0.349 e. The molecule has 0 aliphatic rings. The molecule has 0 saturated carbocycles. The van der Waals surface area contributed by atoms with Crippen LogP contribution in [0.2, 0.25) is 10.0 Å². The highest BCUT2D eigenvalue weighted by molar-refractivity contribution is 6.36. The van der Waals surface area contributed by atoms with Crippen molar-refractivity contribution in [3.8, 4) is 0 Å². The van der Waals surface area contributed by atoms with Gasteiger partial charge >= 0.3 is 0 Å². The number of nitrogens with zero attached hydrogens (tertiary/aromatic N) is 2. The van der Waals surface area contributed by atoms with Gasteiger partial charge in [0, 0.05) is 22.0 Å². The normalized spacial score (nSPS) is 11.0. The molecule has 0 aliphatic carbocycles. The van der Waals surface area contributed by atoms with E-state index >= 15 is 0 Å². The van der Waals surface area contributed by atoms with E-state index in [0.717, 1.165) is 28.0 Å². The Hall–Kier alpha value is -2.82. The number of nitrogens with one attached hydrogen (secondary N) is 1. The molecule has 4 aromatic rings. The van der Waals surface area contributed by atoms with Crippen LogP contribution in [-0.2, 0) is 24.3 Å². The standard InChI is InChI=1S/C24H21Cl2N3O/c25-19-9-6-10-20(26)18(19)16-29-22-12-5-4-11-21(22)28-23(29)15-27-24(30)14-13-17-7-2-1-3-8-17/h1-12H,13-16H2,(H,27,30). The van der Waals surface area contributed by atoms with Crippen molar-refractivity contribution in [2.45, 2.75) is 25.9 Å². The number of hydrogen-bond donors (Lipinski definition) is 1. The minimum Gasteiger partial charge on any atom is -0.349 e. The zero-order chi connectivity index (χ0) is 20.9. The molecule has 0 spiro atoms. The van der Waals surface area contributed by atoms with Crippen LogP contribution in [0.15, 0.2) is 72.8 Å². The molecule has 0 radical (unpaired) electrons. The number of aromatic nitrogens is 2. The average molecular weight is 438 g/mol. The van der Waals surface area contributed by atoms with Crippen molar-refractivity contribution in [3.05, 3.63) is 99.8 Å². The summed E-state index contributed by atoms with van der Waals surface area (Å²) in [6.07, 6.45) is 1.14. The van der Waals surface area contributed by atoms with Crippen LogP contribution < -0.4 is 5.32 Å². The number of halogens is 2. The van der Waals surface area contributed by atoms with Gasteiger partial charge in [-0.25, -0.2) is 4.98 Å². The van der Waals surface area contributed by atoms with Crippen molar-refractivity contribution < 1.29 is 4.79 Å². The number of carbonyl (C=O) groups excluding carboxylic acids is 1. The van der Waals surface area contributed by atoms with Crippen LogP contribution >= 0.6 is 23.2 Å². The molecule has 152 valence electrons. The van der Waals surface area contributed by atoms with E-state index in [1.165, 1.54) is 0 Å². The number of imidazole rings is 1. The number of aryl methyl sites for hydroxylation is 1. The summed E-state index contributed by atoms with van der Waals surface area (Å²) in [6.45, 7) is 0.818. The Bertz CT molecular complexity index is 1150. The highest BCUT2D eigenvalue weighted by Gasteiger charge is 2.15. The molecule has 0 aliphatic heterocycles. The van der Waals surface area contributed by atoms with Gasteiger partial charge in [-0.1, -0.05) is 71.7 Å². The van der Waals surface area contributed by atoms with Crippen molar-refractivity contribution in [2.75, 3.05) is 0 Å². The number of carbonyl (C=O) groups is 1. The van der Waals surface area contributed by atoms with Gasteiger partial charge < -0.3 is 9.88 Å². The van der Waals surface area contributed by atoms with Crippen molar-refractivity contribution in [3.63, 3.8) is 0 Å². The number of rotatable bonds is 7. The van der Waals surface area contributed by atoms with Gasteiger partial charge in [0.25, 0.3) is 0 Å².